The van der Waals surface area contributed by atoms with Gasteiger partial charge >= 0.3 is 5.97 Å². The number of hydrogen-bond acceptors (Lipinski definition) is 7. The highest BCUT2D eigenvalue weighted by molar-refractivity contribution is 6.15. The summed E-state index contributed by atoms with van der Waals surface area (Å²) >= 11 is 0. The van der Waals surface area contributed by atoms with Gasteiger partial charge in [0, 0.05) is 0 Å². The van der Waals surface area contributed by atoms with Gasteiger partial charge in [-0.05, 0) is 51.0 Å². The van der Waals surface area contributed by atoms with E-state index in [2.05, 4.69) is 10.5 Å². The third kappa shape index (κ3) is 4.10. The molecule has 2 aromatic carbocycles. The van der Waals surface area contributed by atoms with Crippen molar-refractivity contribution in [3.63, 3.8) is 0 Å². The van der Waals surface area contributed by atoms with Crippen LogP contribution in [0.1, 0.15) is 53.1 Å². The molecule has 5 rings (SSSR count). The van der Waals surface area contributed by atoms with E-state index in [0.29, 0.717) is 41.4 Å². The van der Waals surface area contributed by atoms with Crippen LogP contribution in [0.3, 0.4) is 0 Å². The summed E-state index contributed by atoms with van der Waals surface area (Å²) in [6, 6.07) is 13.9. The van der Waals surface area contributed by atoms with E-state index in [1.807, 2.05) is 13.0 Å². The third-order valence-electron chi connectivity index (χ3n) is 6.91. The molecule has 0 saturated heterocycles. The Morgan fingerprint density at radius 2 is 1.81 bits per heavy atom. The molecule has 186 valence electrons. The van der Waals surface area contributed by atoms with Crippen LogP contribution >= 0.6 is 0 Å². The van der Waals surface area contributed by atoms with Crippen molar-refractivity contribution in [3.8, 4) is 5.75 Å². The smallest absolute Gasteiger partial charge is 0.342 e. The fourth-order valence-corrected chi connectivity index (χ4v) is 5.02. The van der Waals surface area contributed by atoms with E-state index in [9.17, 15) is 14.4 Å². The van der Waals surface area contributed by atoms with Crippen molar-refractivity contribution in [2.75, 3.05) is 16.8 Å². The molecular formula is C27H27N3O6. The van der Waals surface area contributed by atoms with E-state index in [1.54, 1.807) is 49.4 Å². The van der Waals surface area contributed by atoms with Crippen molar-refractivity contribution in [3.05, 3.63) is 71.1 Å². The Balaban J connectivity index is 1.33. The number of amides is 2. The molecule has 1 aliphatic carbocycles. The predicted molar refractivity (Wildman–Crippen MR) is 131 cm³/mol. The first-order chi connectivity index (χ1) is 17.4. The number of benzene rings is 2. The summed E-state index contributed by atoms with van der Waals surface area (Å²) < 4.78 is 16.5. The molecule has 0 bridgehead atoms. The van der Waals surface area contributed by atoms with Gasteiger partial charge in [0.15, 0.2) is 6.61 Å². The van der Waals surface area contributed by atoms with Crippen LogP contribution in [-0.4, -0.2) is 35.1 Å². The first-order valence-electron chi connectivity index (χ1n) is 11.9. The number of para-hydroxylation sites is 3. The minimum atomic E-state index is -0.965. The van der Waals surface area contributed by atoms with Gasteiger partial charge in [-0.2, -0.15) is 0 Å². The fourth-order valence-electron chi connectivity index (χ4n) is 5.02. The maximum absolute atomic E-state index is 13.5. The minimum Gasteiger partial charge on any atom is -0.488 e. The van der Waals surface area contributed by atoms with Crippen LogP contribution in [0.15, 0.2) is 53.1 Å². The zero-order chi connectivity index (χ0) is 25.3. The Kier molecular flexibility index (Phi) is 6.22. The maximum atomic E-state index is 13.5. The summed E-state index contributed by atoms with van der Waals surface area (Å²) in [6.07, 6.45) is 2.81. The van der Waals surface area contributed by atoms with Gasteiger partial charge in [-0.3, -0.25) is 14.5 Å². The van der Waals surface area contributed by atoms with E-state index >= 15 is 0 Å². The number of carbonyl (C=O) groups excluding carboxylic acids is 3. The minimum absolute atomic E-state index is 0.173. The Labute approximate surface area is 208 Å². The molecule has 2 amide bonds. The SMILES string of the molecule is Cc1noc(C)c1COc1ccccc1C(=O)OCC(=O)N1c2ccccc2NC(=O)C12CCCC2. The highest BCUT2D eigenvalue weighted by Crippen LogP contribution is 2.45. The molecule has 2 heterocycles. The monoisotopic (exact) mass is 489 g/mol. The van der Waals surface area contributed by atoms with Gasteiger partial charge in [-0.15, -0.1) is 0 Å². The second-order valence-corrected chi connectivity index (χ2v) is 9.10. The Hall–Kier alpha value is -4.14. The summed E-state index contributed by atoms with van der Waals surface area (Å²) in [6.45, 7) is 3.28. The molecule has 3 aromatic rings. The number of nitrogens with one attached hydrogen (secondary N) is 1. The van der Waals surface area contributed by atoms with Crippen LogP contribution in [-0.2, 0) is 20.9 Å². The van der Waals surface area contributed by atoms with Crippen molar-refractivity contribution < 1.29 is 28.4 Å². The van der Waals surface area contributed by atoms with Crippen molar-refractivity contribution in [1.29, 1.82) is 0 Å². The lowest BCUT2D eigenvalue weighted by Gasteiger charge is -2.44. The number of esters is 1. The first kappa shape index (κ1) is 23.6. The summed E-state index contributed by atoms with van der Waals surface area (Å²) in [7, 11) is 0. The van der Waals surface area contributed by atoms with Crippen LogP contribution in [0.4, 0.5) is 11.4 Å². The first-order valence-corrected chi connectivity index (χ1v) is 11.9. The normalized spacial score (nSPS) is 15.9. The second kappa shape index (κ2) is 9.49. The molecule has 1 aromatic heterocycles. The van der Waals surface area contributed by atoms with Gasteiger partial charge in [0.25, 0.3) is 11.8 Å². The van der Waals surface area contributed by atoms with Gasteiger partial charge in [-0.25, -0.2) is 4.79 Å². The number of aromatic nitrogens is 1. The molecule has 9 nitrogen and oxygen atoms in total. The molecule has 0 unspecified atom stereocenters. The topological polar surface area (TPSA) is 111 Å². The Morgan fingerprint density at radius 3 is 2.56 bits per heavy atom. The maximum Gasteiger partial charge on any atom is 0.342 e. The lowest BCUT2D eigenvalue weighted by Crippen LogP contribution is -2.61. The molecular weight excluding hydrogens is 462 g/mol. The van der Waals surface area contributed by atoms with Crippen molar-refractivity contribution in [2.45, 2.75) is 51.7 Å². The van der Waals surface area contributed by atoms with Crippen molar-refractivity contribution >= 4 is 29.2 Å². The zero-order valence-electron chi connectivity index (χ0n) is 20.2. The van der Waals surface area contributed by atoms with Gasteiger partial charge < -0.3 is 19.3 Å². The Morgan fingerprint density at radius 1 is 1.08 bits per heavy atom. The summed E-state index contributed by atoms with van der Waals surface area (Å²) in [5.41, 5.74) is 1.93. The molecule has 36 heavy (non-hydrogen) atoms. The highest BCUT2D eigenvalue weighted by atomic mass is 16.5. The van der Waals surface area contributed by atoms with E-state index in [-0.39, 0.29) is 18.1 Å². The molecule has 0 radical (unpaired) electrons. The number of fused-ring (bicyclic) bond motifs is 1. The van der Waals surface area contributed by atoms with Crippen molar-refractivity contribution in [2.24, 2.45) is 0 Å². The zero-order valence-corrected chi connectivity index (χ0v) is 20.2. The Bertz CT molecular complexity index is 1310. The number of aryl methyl sites for hydroxylation is 2. The molecule has 0 atom stereocenters. The van der Waals surface area contributed by atoms with E-state index in [0.717, 1.165) is 18.4 Å². The predicted octanol–water partition coefficient (Wildman–Crippen LogP) is 4.33. The number of hydrogen-bond donors (Lipinski definition) is 1. The average molecular weight is 490 g/mol. The fraction of sp³-hybridized carbons (Fsp3) is 0.333. The van der Waals surface area contributed by atoms with Gasteiger partial charge in [-0.1, -0.05) is 42.3 Å². The molecule has 1 aliphatic heterocycles. The number of nitrogens with zero attached hydrogens (tertiary/aromatic N) is 2. The molecule has 1 saturated carbocycles. The van der Waals surface area contributed by atoms with Crippen LogP contribution in [0.2, 0.25) is 0 Å². The van der Waals surface area contributed by atoms with Crippen LogP contribution in [0, 0.1) is 13.8 Å². The number of ether oxygens (including phenoxy) is 2. The highest BCUT2D eigenvalue weighted by Gasteiger charge is 2.52. The molecule has 2 aliphatic rings. The van der Waals surface area contributed by atoms with Crippen molar-refractivity contribution in [1.82, 2.24) is 5.16 Å². The summed E-state index contributed by atoms with van der Waals surface area (Å²) in [5.74, 6) is -0.360. The molecule has 9 heteroatoms. The molecule has 1 spiro atoms. The summed E-state index contributed by atoms with van der Waals surface area (Å²) in [4.78, 5) is 41.1. The number of anilines is 2. The van der Waals surface area contributed by atoms with Gasteiger partial charge in [0.1, 0.15) is 29.2 Å². The average Bonchev–Trinajstić information content (AvgIpc) is 3.49. The van der Waals surface area contributed by atoms with Crippen LogP contribution < -0.4 is 15.0 Å². The lowest BCUT2D eigenvalue weighted by molar-refractivity contribution is -0.129. The largest absolute Gasteiger partial charge is 0.488 e. The lowest BCUT2D eigenvalue weighted by atomic mass is 9.90. The van der Waals surface area contributed by atoms with Crippen LogP contribution in [0.5, 0.6) is 5.75 Å². The standard InChI is InChI=1S/C27H27N3O6/c1-17-20(18(2)36-29-17)15-34-23-12-6-3-9-19(23)25(32)35-16-24(31)30-22-11-5-4-10-21(22)28-26(33)27(30)13-7-8-14-27/h3-6,9-12H,7-8,13-16H2,1-2H3,(H,28,33). The third-order valence-corrected chi connectivity index (χ3v) is 6.91. The molecule has 1 fully saturated rings. The van der Waals surface area contributed by atoms with Gasteiger partial charge in [0.2, 0.25) is 0 Å². The number of rotatable bonds is 6. The second-order valence-electron chi connectivity index (χ2n) is 9.10. The van der Waals surface area contributed by atoms with Crippen LogP contribution in [0.25, 0.3) is 0 Å². The van der Waals surface area contributed by atoms with E-state index in [4.69, 9.17) is 14.0 Å². The summed E-state index contributed by atoms with van der Waals surface area (Å²) in [5, 5.41) is 6.85. The number of carbonyl (C=O) groups is 3. The quantitative estimate of drug-likeness (QED) is 0.513. The molecule has 1 N–H and O–H groups in total. The van der Waals surface area contributed by atoms with E-state index < -0.39 is 24.0 Å². The van der Waals surface area contributed by atoms with E-state index in [1.165, 1.54) is 4.90 Å². The van der Waals surface area contributed by atoms with Gasteiger partial charge in [0.05, 0.1) is 22.6 Å².